The van der Waals surface area contributed by atoms with E-state index >= 15 is 0 Å². The first-order valence-corrected chi connectivity index (χ1v) is 6.86. The van der Waals surface area contributed by atoms with Crippen LogP contribution in [0.1, 0.15) is 12.0 Å². The number of halogens is 1. The number of hydrogen-bond acceptors (Lipinski definition) is 3. The summed E-state index contributed by atoms with van der Waals surface area (Å²) in [5.41, 5.74) is 1.69. The van der Waals surface area contributed by atoms with E-state index in [0.717, 1.165) is 35.2 Å². The molecule has 1 aromatic carbocycles. The predicted molar refractivity (Wildman–Crippen MR) is 72.9 cm³/mol. The van der Waals surface area contributed by atoms with Gasteiger partial charge in [-0.25, -0.2) is 4.79 Å². The summed E-state index contributed by atoms with van der Waals surface area (Å²) in [6.45, 7) is 4.32. The van der Waals surface area contributed by atoms with E-state index < -0.39 is 0 Å². The van der Waals surface area contributed by atoms with Crippen LogP contribution < -0.4 is 10.2 Å². The van der Waals surface area contributed by atoms with E-state index in [9.17, 15) is 4.79 Å². The minimum absolute atomic E-state index is 0.232. The van der Waals surface area contributed by atoms with Gasteiger partial charge in [-0.2, -0.15) is 0 Å². The second-order valence-electron chi connectivity index (χ2n) is 4.99. The predicted octanol–water partition coefficient (Wildman–Crippen LogP) is 2.45. The van der Waals surface area contributed by atoms with Crippen molar-refractivity contribution in [1.82, 2.24) is 5.32 Å². The second-order valence-corrected chi connectivity index (χ2v) is 5.91. The first-order chi connectivity index (χ1) is 8.60. The average Bonchev–Trinajstić information content (AvgIpc) is 2.87. The van der Waals surface area contributed by atoms with Gasteiger partial charge in [0, 0.05) is 17.4 Å². The fourth-order valence-electron chi connectivity index (χ4n) is 2.67. The number of carbonyl (C=O) groups excluding carboxylic acids is 1. The van der Waals surface area contributed by atoms with Crippen LogP contribution in [-0.4, -0.2) is 31.3 Å². The molecule has 1 spiro atoms. The molecule has 0 saturated carbocycles. The highest BCUT2D eigenvalue weighted by molar-refractivity contribution is 9.10. The maximum Gasteiger partial charge on any atom is 0.415 e. The van der Waals surface area contributed by atoms with Crippen molar-refractivity contribution in [2.75, 3.05) is 24.5 Å². The highest BCUT2D eigenvalue weighted by Crippen LogP contribution is 2.34. The lowest BCUT2D eigenvalue weighted by Crippen LogP contribution is -2.36. The molecule has 0 aliphatic carbocycles. The molecule has 1 atom stereocenters. The Morgan fingerprint density at radius 1 is 1.50 bits per heavy atom. The van der Waals surface area contributed by atoms with Gasteiger partial charge in [0.05, 0.1) is 12.2 Å². The van der Waals surface area contributed by atoms with Crippen LogP contribution in [0.3, 0.4) is 0 Å². The van der Waals surface area contributed by atoms with Crippen molar-refractivity contribution >= 4 is 27.7 Å². The molecule has 1 unspecified atom stereocenters. The molecular weight excluding hydrogens is 296 g/mol. The molecule has 3 rings (SSSR count). The topological polar surface area (TPSA) is 41.6 Å². The van der Waals surface area contributed by atoms with Gasteiger partial charge in [0.25, 0.3) is 0 Å². The number of carbonyl (C=O) groups is 1. The van der Waals surface area contributed by atoms with Crippen molar-refractivity contribution in [2.45, 2.75) is 18.9 Å². The van der Waals surface area contributed by atoms with Gasteiger partial charge < -0.3 is 10.1 Å². The number of nitrogens with one attached hydrogen (secondary N) is 1. The SMILES string of the molecule is Cc1cc(Br)ccc1N1CC2(CCNC2)OC1=O. The molecule has 2 heterocycles. The highest BCUT2D eigenvalue weighted by Gasteiger charge is 2.47. The molecule has 2 saturated heterocycles. The monoisotopic (exact) mass is 310 g/mol. The van der Waals surface area contributed by atoms with Gasteiger partial charge in [-0.05, 0) is 37.2 Å². The number of rotatable bonds is 1. The van der Waals surface area contributed by atoms with Gasteiger partial charge >= 0.3 is 6.09 Å². The molecule has 0 aromatic heterocycles. The van der Waals surface area contributed by atoms with Gasteiger partial charge in [-0.15, -0.1) is 0 Å². The quantitative estimate of drug-likeness (QED) is 0.866. The maximum absolute atomic E-state index is 12.0. The molecule has 0 radical (unpaired) electrons. The summed E-state index contributed by atoms with van der Waals surface area (Å²) in [6.07, 6.45) is 0.661. The number of ether oxygens (including phenoxy) is 1. The summed E-state index contributed by atoms with van der Waals surface area (Å²) in [5.74, 6) is 0. The normalized spacial score (nSPS) is 27.0. The number of nitrogens with zero attached hydrogens (tertiary/aromatic N) is 1. The van der Waals surface area contributed by atoms with Crippen molar-refractivity contribution < 1.29 is 9.53 Å². The molecule has 18 heavy (non-hydrogen) atoms. The van der Waals surface area contributed by atoms with Crippen molar-refractivity contribution in [3.8, 4) is 0 Å². The van der Waals surface area contributed by atoms with E-state index in [4.69, 9.17) is 4.74 Å². The molecule has 5 heteroatoms. The second kappa shape index (κ2) is 4.24. The van der Waals surface area contributed by atoms with Crippen LogP contribution in [0.15, 0.2) is 22.7 Å². The molecule has 1 amide bonds. The average molecular weight is 311 g/mol. The first-order valence-electron chi connectivity index (χ1n) is 6.07. The number of amides is 1. The summed E-state index contributed by atoms with van der Waals surface area (Å²) < 4.78 is 6.60. The van der Waals surface area contributed by atoms with E-state index in [1.807, 2.05) is 25.1 Å². The van der Waals surface area contributed by atoms with Crippen LogP contribution in [0.25, 0.3) is 0 Å². The van der Waals surface area contributed by atoms with E-state index in [-0.39, 0.29) is 11.7 Å². The van der Waals surface area contributed by atoms with Crippen molar-refractivity contribution in [3.63, 3.8) is 0 Å². The Balaban J connectivity index is 1.90. The van der Waals surface area contributed by atoms with E-state index in [1.54, 1.807) is 4.90 Å². The van der Waals surface area contributed by atoms with Gasteiger partial charge in [-0.1, -0.05) is 15.9 Å². The number of aryl methyl sites for hydroxylation is 1. The van der Waals surface area contributed by atoms with Crippen LogP contribution in [0.5, 0.6) is 0 Å². The number of anilines is 1. The third-order valence-corrected chi connectivity index (χ3v) is 4.12. The summed E-state index contributed by atoms with van der Waals surface area (Å²) in [6, 6.07) is 5.93. The fraction of sp³-hybridized carbons (Fsp3) is 0.462. The van der Waals surface area contributed by atoms with E-state index in [1.165, 1.54) is 0 Å². The number of hydrogen-bond donors (Lipinski definition) is 1. The zero-order valence-corrected chi connectivity index (χ0v) is 11.8. The Hall–Kier alpha value is -1.07. The lowest BCUT2D eigenvalue weighted by atomic mass is 10.0. The third kappa shape index (κ3) is 1.91. The minimum atomic E-state index is -0.323. The first kappa shape index (κ1) is 12.0. The van der Waals surface area contributed by atoms with Gasteiger partial charge in [-0.3, -0.25) is 4.90 Å². The maximum atomic E-state index is 12.0. The van der Waals surface area contributed by atoms with Crippen molar-refractivity contribution in [2.24, 2.45) is 0 Å². The zero-order valence-electron chi connectivity index (χ0n) is 10.2. The van der Waals surface area contributed by atoms with E-state index in [0.29, 0.717) is 6.54 Å². The highest BCUT2D eigenvalue weighted by atomic mass is 79.9. The molecule has 4 nitrogen and oxygen atoms in total. The molecule has 2 aliphatic heterocycles. The minimum Gasteiger partial charge on any atom is -0.439 e. The Bertz CT molecular complexity index is 498. The van der Waals surface area contributed by atoms with Gasteiger partial charge in [0.1, 0.15) is 5.60 Å². The Morgan fingerprint density at radius 3 is 3.00 bits per heavy atom. The molecular formula is C13H15BrN2O2. The zero-order chi connectivity index (χ0) is 12.8. The van der Waals surface area contributed by atoms with Crippen LogP contribution in [-0.2, 0) is 4.74 Å². The molecule has 96 valence electrons. The Labute approximate surface area is 114 Å². The van der Waals surface area contributed by atoms with Crippen molar-refractivity contribution in [1.29, 1.82) is 0 Å². The molecule has 0 bridgehead atoms. The van der Waals surface area contributed by atoms with Gasteiger partial charge in [0.2, 0.25) is 0 Å². The van der Waals surface area contributed by atoms with Crippen LogP contribution >= 0.6 is 15.9 Å². The molecule has 1 N–H and O–H groups in total. The molecule has 2 aliphatic rings. The summed E-state index contributed by atoms with van der Waals surface area (Å²) in [7, 11) is 0. The lowest BCUT2D eigenvalue weighted by molar-refractivity contribution is 0.0733. The summed E-state index contributed by atoms with van der Waals surface area (Å²) in [4.78, 5) is 13.8. The third-order valence-electron chi connectivity index (χ3n) is 3.62. The Kier molecular flexibility index (Phi) is 2.83. The van der Waals surface area contributed by atoms with Crippen LogP contribution in [0.4, 0.5) is 10.5 Å². The van der Waals surface area contributed by atoms with Crippen LogP contribution in [0, 0.1) is 6.92 Å². The van der Waals surface area contributed by atoms with Gasteiger partial charge in [0.15, 0.2) is 0 Å². The molecule has 2 fully saturated rings. The smallest absolute Gasteiger partial charge is 0.415 e. The molecule has 1 aromatic rings. The van der Waals surface area contributed by atoms with Crippen LogP contribution in [0.2, 0.25) is 0 Å². The standard InChI is InChI=1S/C13H15BrN2O2/c1-9-6-10(14)2-3-11(9)16-8-13(18-12(16)17)4-5-15-7-13/h2-3,6,15H,4-5,7-8H2,1H3. The fourth-order valence-corrected chi connectivity index (χ4v) is 3.15. The van der Waals surface area contributed by atoms with Crippen molar-refractivity contribution in [3.05, 3.63) is 28.2 Å². The largest absolute Gasteiger partial charge is 0.439 e. The Morgan fingerprint density at radius 2 is 2.33 bits per heavy atom. The summed E-state index contributed by atoms with van der Waals surface area (Å²) in [5, 5.41) is 3.26. The number of benzene rings is 1. The lowest BCUT2D eigenvalue weighted by Gasteiger charge is -2.20. The summed E-state index contributed by atoms with van der Waals surface area (Å²) >= 11 is 3.44. The van der Waals surface area contributed by atoms with E-state index in [2.05, 4.69) is 21.2 Å².